The van der Waals surface area contributed by atoms with E-state index in [1.807, 2.05) is 0 Å². The average molecular weight is 807 g/mol. The summed E-state index contributed by atoms with van der Waals surface area (Å²) in [7, 11) is 0. The van der Waals surface area contributed by atoms with Gasteiger partial charge in [0.25, 0.3) is 5.91 Å². The first-order valence-corrected chi connectivity index (χ1v) is 18.0. The Hall–Kier alpha value is -5.78. The van der Waals surface area contributed by atoms with Gasteiger partial charge in [0.05, 0.1) is 6.33 Å². The van der Waals surface area contributed by atoms with Crippen LogP contribution in [0, 0.1) is 0 Å². The molecule has 2 aromatic heterocycles. The molecule has 22 nitrogen and oxygen atoms in total. The third-order valence-corrected chi connectivity index (χ3v) is 7.85. The van der Waals surface area contributed by atoms with Crippen molar-refractivity contribution >= 4 is 46.7 Å². The number of nitrogens with two attached hydrogens (primary N) is 3. The molecule has 4 atom stereocenters. The van der Waals surface area contributed by atoms with Crippen molar-refractivity contribution in [2.45, 2.75) is 88.9 Å². The molecule has 16 N–H and O–H groups in total. The molecule has 1 aliphatic rings. The van der Waals surface area contributed by atoms with Crippen LogP contribution in [0.4, 0.5) is 0 Å². The molecule has 1 fully saturated rings. The number of para-hydroxylation sites is 1. The van der Waals surface area contributed by atoms with E-state index in [1.165, 1.54) is 19.3 Å². The van der Waals surface area contributed by atoms with Gasteiger partial charge in [-0.25, -0.2) is 20.0 Å². The molecule has 0 aliphatic carbocycles. The van der Waals surface area contributed by atoms with Crippen LogP contribution in [-0.4, -0.2) is 110 Å². The Bertz CT molecular complexity index is 1750. The topological polar surface area (TPSA) is 380 Å². The molecule has 1 saturated heterocycles. The number of carbonyl (C=O) groups excluding carboxylic acids is 2. The molecule has 2 amide bonds. The number of carboxylic acids is 4. The minimum atomic E-state index is -1.07. The Balaban J connectivity index is 0.000000424. The zero-order chi connectivity index (χ0) is 42.8. The van der Waals surface area contributed by atoms with E-state index in [0.29, 0.717) is 56.2 Å². The molecule has 4 rings (SSSR count). The van der Waals surface area contributed by atoms with Gasteiger partial charge in [0.2, 0.25) is 5.91 Å². The molecule has 0 spiro atoms. The summed E-state index contributed by atoms with van der Waals surface area (Å²) in [6, 6.07) is 5.41. The van der Waals surface area contributed by atoms with Crippen LogP contribution in [0.25, 0.3) is 11.0 Å². The van der Waals surface area contributed by atoms with Gasteiger partial charge in [-0.15, -0.1) is 0 Å². The first kappa shape index (κ1) is 49.2. The number of rotatable bonds is 19. The van der Waals surface area contributed by atoms with Gasteiger partial charge in [0.15, 0.2) is 0 Å². The third kappa shape index (κ3) is 20.6. The first-order valence-electron chi connectivity index (χ1n) is 18.0. The van der Waals surface area contributed by atoms with Crippen LogP contribution in [-0.2, 0) is 30.4 Å². The Kier molecular flexibility index (Phi) is 24.0. The monoisotopic (exact) mass is 806 g/mol. The standard InChI is InChI=1S/C16H20N4O5.C8H16N2O3.C6H9N3O2.C5H9NO2/c17-8-4-3-6-12(15(22)23)18-20-19-14(21)11-9-10-5-1-2-7-13(10)25-16(11)24;1-6(11)10-7(8(12)13)4-2-3-5-9;7-5(6(10)11)1-4-2-8-3-9-4;7-5(8)4-2-1-3-6-4/h1-2,5,7,9,12,18,20H,3-4,6,8,17H2,(H,19,21)(H,22,23);7H,2-5,9H2,1H3,(H,10,11)(H,12,13);2-3,5H,1,7H2,(H,8,9)(H,10,11);4,6H,1-3H2,(H,7,8)/t12-;7-;5-;4-/m0000/s1. The number of nitrogens with zero attached hydrogens (tertiary/aromatic N) is 1. The zero-order valence-electron chi connectivity index (χ0n) is 31.6. The van der Waals surface area contributed by atoms with Crippen LogP contribution >= 0.6 is 0 Å². The number of benzene rings is 1. The van der Waals surface area contributed by atoms with Gasteiger partial charge in [0, 0.05) is 30.6 Å². The van der Waals surface area contributed by atoms with Crippen LogP contribution in [0.15, 0.2) is 52.1 Å². The van der Waals surface area contributed by atoms with Crippen LogP contribution < -0.4 is 49.8 Å². The average Bonchev–Trinajstić information content (AvgIpc) is 3.90. The predicted octanol–water partition coefficient (Wildman–Crippen LogP) is -0.994. The first-order chi connectivity index (χ1) is 27.1. The minimum Gasteiger partial charge on any atom is -0.480 e. The number of hydrazine groups is 2. The van der Waals surface area contributed by atoms with Crippen LogP contribution in [0.3, 0.4) is 0 Å². The Labute approximate surface area is 327 Å². The largest absolute Gasteiger partial charge is 0.480 e. The highest BCUT2D eigenvalue weighted by Gasteiger charge is 2.21. The predicted molar refractivity (Wildman–Crippen MR) is 205 cm³/mol. The van der Waals surface area contributed by atoms with Crippen molar-refractivity contribution in [3.63, 3.8) is 0 Å². The van der Waals surface area contributed by atoms with Gasteiger partial charge >= 0.3 is 29.5 Å². The van der Waals surface area contributed by atoms with Crippen LogP contribution in [0.1, 0.15) is 74.3 Å². The number of imidazole rings is 1. The maximum absolute atomic E-state index is 12.1. The smallest absolute Gasteiger partial charge is 0.349 e. The van der Waals surface area contributed by atoms with E-state index in [2.05, 4.69) is 37.0 Å². The molecule has 57 heavy (non-hydrogen) atoms. The lowest BCUT2D eigenvalue weighted by Gasteiger charge is -2.15. The second-order valence-electron chi connectivity index (χ2n) is 12.5. The van der Waals surface area contributed by atoms with E-state index in [1.54, 1.807) is 30.5 Å². The number of fused-ring (bicyclic) bond motifs is 1. The van der Waals surface area contributed by atoms with Crippen molar-refractivity contribution in [3.05, 3.63) is 64.5 Å². The molecule has 0 unspecified atom stereocenters. The number of hydrogen-bond donors (Lipinski definition) is 13. The highest BCUT2D eigenvalue weighted by atomic mass is 16.4. The molecule has 0 bridgehead atoms. The SMILES string of the molecule is CC(=O)N[C@@H](CCCCN)C(=O)O.NCCCC[C@H](NNNC(=O)c1cc2ccccc2oc1=O)C(=O)O.N[C@@H](Cc1cnc[nH]1)C(=O)O.O=C(O)[C@@H]1CCCN1. The third-order valence-electron chi connectivity index (χ3n) is 7.85. The van der Waals surface area contributed by atoms with Crippen molar-refractivity contribution in [3.8, 4) is 0 Å². The fraction of sp³-hybridized carbons (Fsp3) is 0.486. The quantitative estimate of drug-likeness (QED) is 0.0393. The Morgan fingerprint density at radius 3 is 2.05 bits per heavy atom. The number of carboxylic acid groups (broad SMARTS) is 4. The molecule has 3 aromatic rings. The van der Waals surface area contributed by atoms with Gasteiger partial charge in [0.1, 0.15) is 35.3 Å². The van der Waals surface area contributed by atoms with Crippen molar-refractivity contribution in [2.75, 3.05) is 19.6 Å². The summed E-state index contributed by atoms with van der Waals surface area (Å²) in [4.78, 5) is 83.2. The second kappa shape index (κ2) is 27.7. The van der Waals surface area contributed by atoms with E-state index in [-0.39, 0.29) is 23.9 Å². The lowest BCUT2D eigenvalue weighted by Crippen LogP contribution is -2.53. The molecule has 0 radical (unpaired) electrons. The summed E-state index contributed by atoms with van der Waals surface area (Å²) >= 11 is 0. The molecule has 3 heterocycles. The number of aromatic amines is 1. The molecule has 316 valence electrons. The summed E-state index contributed by atoms with van der Waals surface area (Å²) in [5.41, 5.74) is 23.1. The van der Waals surface area contributed by atoms with Crippen LogP contribution in [0.5, 0.6) is 0 Å². The summed E-state index contributed by atoms with van der Waals surface area (Å²) in [5, 5.41) is 40.4. The molecular weight excluding hydrogens is 752 g/mol. The van der Waals surface area contributed by atoms with Crippen molar-refractivity contribution in [2.24, 2.45) is 17.2 Å². The van der Waals surface area contributed by atoms with Gasteiger partial charge in [-0.3, -0.25) is 29.4 Å². The number of amides is 2. The summed E-state index contributed by atoms with van der Waals surface area (Å²) in [5.74, 6) is -4.84. The van der Waals surface area contributed by atoms with Crippen molar-refractivity contribution < 1.29 is 53.6 Å². The Morgan fingerprint density at radius 2 is 1.56 bits per heavy atom. The van der Waals surface area contributed by atoms with Crippen molar-refractivity contribution in [1.29, 1.82) is 0 Å². The number of hydrogen-bond acceptors (Lipinski definition) is 15. The van der Waals surface area contributed by atoms with Gasteiger partial charge in [-0.2, -0.15) is 5.53 Å². The number of H-pyrrole nitrogens is 1. The summed E-state index contributed by atoms with van der Waals surface area (Å²) < 4.78 is 5.07. The highest BCUT2D eigenvalue weighted by molar-refractivity contribution is 5.96. The van der Waals surface area contributed by atoms with Gasteiger partial charge in [-0.05, 0) is 83.1 Å². The van der Waals surface area contributed by atoms with E-state index < -0.39 is 53.5 Å². The van der Waals surface area contributed by atoms with Gasteiger partial charge in [-0.1, -0.05) is 18.2 Å². The van der Waals surface area contributed by atoms with E-state index in [4.69, 9.17) is 42.0 Å². The maximum atomic E-state index is 12.1. The van der Waals surface area contributed by atoms with Gasteiger partial charge < -0.3 is 57.7 Å². The van der Waals surface area contributed by atoms with E-state index >= 15 is 0 Å². The van der Waals surface area contributed by atoms with E-state index in [9.17, 15) is 33.6 Å². The zero-order valence-corrected chi connectivity index (χ0v) is 31.6. The molecular formula is C35H54N10O12. The molecule has 1 aromatic carbocycles. The lowest BCUT2D eigenvalue weighted by atomic mass is 10.1. The molecule has 1 aliphatic heterocycles. The Morgan fingerprint density at radius 1 is 0.930 bits per heavy atom. The van der Waals surface area contributed by atoms with Crippen molar-refractivity contribution in [1.82, 2.24) is 37.0 Å². The molecule has 22 heteroatoms. The van der Waals surface area contributed by atoms with Crippen LogP contribution in [0.2, 0.25) is 0 Å². The summed E-state index contributed by atoms with van der Waals surface area (Å²) in [6.45, 7) is 3.19. The maximum Gasteiger partial charge on any atom is 0.349 e. The normalized spacial score (nSPS) is 14.5. The number of aromatic nitrogens is 2. The van der Waals surface area contributed by atoms with E-state index in [0.717, 1.165) is 31.5 Å². The summed E-state index contributed by atoms with van der Waals surface area (Å²) in [6.07, 6.45) is 8.73. The molecule has 0 saturated carbocycles. The fourth-order valence-electron chi connectivity index (χ4n) is 4.83. The highest BCUT2D eigenvalue weighted by Crippen LogP contribution is 2.12. The fourth-order valence-corrected chi connectivity index (χ4v) is 4.83. The lowest BCUT2D eigenvalue weighted by molar-refractivity contribution is -0.142. The second-order valence-corrected chi connectivity index (χ2v) is 12.5. The number of nitrogens with one attached hydrogen (secondary N) is 6. The number of unbranched alkanes of at least 4 members (excludes halogenated alkanes) is 2. The number of aliphatic carboxylic acids is 4. The number of carbonyl (C=O) groups is 6. The minimum absolute atomic E-state index is 0.192.